The first-order valence-electron chi connectivity index (χ1n) is 11.8. The van der Waals surface area contributed by atoms with Gasteiger partial charge in [-0.25, -0.2) is 9.50 Å². The number of carbonyl (C=O) groups is 2. The molecule has 1 aromatic carbocycles. The van der Waals surface area contributed by atoms with Crippen LogP contribution in [-0.4, -0.2) is 43.7 Å². The van der Waals surface area contributed by atoms with Crippen LogP contribution in [0.15, 0.2) is 43.0 Å². The zero-order chi connectivity index (χ0) is 23.5. The van der Waals surface area contributed by atoms with E-state index in [0.29, 0.717) is 41.2 Å². The van der Waals surface area contributed by atoms with Crippen molar-refractivity contribution in [3.05, 3.63) is 48.5 Å². The van der Waals surface area contributed by atoms with Crippen molar-refractivity contribution in [2.24, 2.45) is 5.92 Å². The van der Waals surface area contributed by atoms with Gasteiger partial charge >= 0.3 is 0 Å². The van der Waals surface area contributed by atoms with Gasteiger partial charge in [-0.2, -0.15) is 10.2 Å². The molecule has 178 valence electrons. The average Bonchev–Trinajstić information content (AvgIpc) is 3.46. The molecular weight excluding hydrogens is 432 g/mol. The van der Waals surface area contributed by atoms with E-state index in [1.807, 2.05) is 18.9 Å². The summed E-state index contributed by atoms with van der Waals surface area (Å²) in [7, 11) is 0. The fraction of sp³-hybridized carbons (Fsp3) is 0.400. The van der Waals surface area contributed by atoms with Crippen molar-refractivity contribution in [3.8, 4) is 5.75 Å². The van der Waals surface area contributed by atoms with Gasteiger partial charge in [-0.1, -0.05) is 19.3 Å². The van der Waals surface area contributed by atoms with Crippen LogP contribution >= 0.6 is 0 Å². The Kier molecular flexibility index (Phi) is 6.24. The summed E-state index contributed by atoms with van der Waals surface area (Å²) in [6, 6.07) is 6.17. The van der Waals surface area contributed by atoms with Crippen LogP contribution in [0.4, 0.5) is 5.69 Å². The zero-order valence-electron chi connectivity index (χ0n) is 19.0. The van der Waals surface area contributed by atoms with Crippen molar-refractivity contribution < 1.29 is 15.8 Å². The van der Waals surface area contributed by atoms with Crippen LogP contribution in [-0.2, 0) is 4.79 Å². The SMILES string of the molecule is C=O.O=C(Nc1cc2cn(C3CCCCC3)nc2cc1OCC1CC1)c1cnn2cccnc12.[HH]. The first-order valence-corrected chi connectivity index (χ1v) is 11.8. The van der Waals surface area contributed by atoms with Gasteiger partial charge in [0.25, 0.3) is 5.91 Å². The highest BCUT2D eigenvalue weighted by atomic mass is 16.5. The van der Waals surface area contributed by atoms with Gasteiger partial charge in [0.2, 0.25) is 0 Å². The maximum atomic E-state index is 13.1. The van der Waals surface area contributed by atoms with E-state index in [-0.39, 0.29) is 7.33 Å². The highest BCUT2D eigenvalue weighted by Gasteiger charge is 2.24. The Hall–Kier alpha value is -3.75. The van der Waals surface area contributed by atoms with E-state index in [0.717, 1.165) is 10.9 Å². The first kappa shape index (κ1) is 22.1. The Morgan fingerprint density at radius 2 is 2.00 bits per heavy atom. The third-order valence-corrected chi connectivity index (χ3v) is 6.52. The van der Waals surface area contributed by atoms with Gasteiger partial charge in [0.1, 0.15) is 18.1 Å². The zero-order valence-corrected chi connectivity index (χ0v) is 19.0. The summed E-state index contributed by atoms with van der Waals surface area (Å²) < 4.78 is 9.83. The van der Waals surface area contributed by atoms with Crippen molar-refractivity contribution in [1.29, 1.82) is 0 Å². The number of nitrogens with one attached hydrogen (secondary N) is 1. The number of fused-ring (bicyclic) bond motifs is 2. The number of amides is 1. The van der Waals surface area contributed by atoms with Crippen molar-refractivity contribution >= 4 is 34.9 Å². The average molecular weight is 463 g/mol. The van der Waals surface area contributed by atoms with Gasteiger partial charge in [0.15, 0.2) is 5.65 Å². The quantitative estimate of drug-likeness (QED) is 0.446. The predicted molar refractivity (Wildman–Crippen MR) is 130 cm³/mol. The number of hydrogen-bond acceptors (Lipinski definition) is 6. The molecule has 2 fully saturated rings. The Labute approximate surface area is 198 Å². The minimum absolute atomic E-state index is 0. The molecule has 0 atom stereocenters. The van der Waals surface area contributed by atoms with E-state index < -0.39 is 0 Å². The van der Waals surface area contributed by atoms with Crippen molar-refractivity contribution in [2.75, 3.05) is 11.9 Å². The van der Waals surface area contributed by atoms with E-state index in [9.17, 15) is 4.79 Å². The molecular formula is C25H30N6O3. The van der Waals surface area contributed by atoms with E-state index in [1.165, 1.54) is 44.9 Å². The first-order chi connectivity index (χ1) is 16.7. The maximum absolute atomic E-state index is 13.1. The number of anilines is 1. The number of carbonyl (C=O) groups excluding carboxylic acids is 2. The maximum Gasteiger partial charge on any atom is 0.261 e. The van der Waals surface area contributed by atoms with Crippen LogP contribution in [0.5, 0.6) is 5.75 Å². The number of benzene rings is 1. The molecule has 9 nitrogen and oxygen atoms in total. The van der Waals surface area contributed by atoms with Gasteiger partial charge in [0.05, 0.1) is 30.0 Å². The lowest BCUT2D eigenvalue weighted by atomic mass is 9.96. The summed E-state index contributed by atoms with van der Waals surface area (Å²) in [5, 5.41) is 13.1. The molecule has 0 saturated heterocycles. The number of aromatic nitrogens is 5. The minimum Gasteiger partial charge on any atom is -0.491 e. The molecule has 9 heteroatoms. The van der Waals surface area contributed by atoms with Gasteiger partial charge in [-0.3, -0.25) is 9.48 Å². The Balaban J connectivity index is 0.000000940. The molecule has 0 bridgehead atoms. The van der Waals surface area contributed by atoms with E-state index in [2.05, 4.69) is 26.3 Å². The second-order valence-corrected chi connectivity index (χ2v) is 8.96. The third-order valence-electron chi connectivity index (χ3n) is 6.52. The summed E-state index contributed by atoms with van der Waals surface area (Å²) in [4.78, 5) is 25.4. The molecule has 0 spiro atoms. The van der Waals surface area contributed by atoms with Crippen molar-refractivity contribution in [1.82, 2.24) is 24.4 Å². The molecule has 0 aliphatic heterocycles. The number of hydrogen-bond donors (Lipinski definition) is 1. The molecule has 2 aliphatic rings. The van der Waals surface area contributed by atoms with E-state index in [1.54, 1.807) is 29.2 Å². The summed E-state index contributed by atoms with van der Waals surface area (Å²) >= 11 is 0. The van der Waals surface area contributed by atoms with Crippen LogP contribution in [0.3, 0.4) is 0 Å². The molecule has 4 aromatic rings. The van der Waals surface area contributed by atoms with E-state index in [4.69, 9.17) is 14.6 Å². The highest BCUT2D eigenvalue weighted by Crippen LogP contribution is 2.36. The Morgan fingerprint density at radius 1 is 1.18 bits per heavy atom. The molecule has 1 amide bonds. The Morgan fingerprint density at radius 3 is 2.79 bits per heavy atom. The topological polar surface area (TPSA) is 103 Å². The van der Waals surface area contributed by atoms with Gasteiger partial charge in [-0.15, -0.1) is 0 Å². The number of ether oxygens (including phenoxy) is 1. The molecule has 2 aliphatic carbocycles. The standard InChI is InChI=1S/C24H26N6O2.CH2O.H2/c31-24(19-13-26-29-10-4-9-25-23(19)29)27-21-11-17-14-30(18-5-2-1-3-6-18)28-20(17)12-22(21)32-15-16-7-8-16;1-2;/h4,9-14,16,18H,1-3,5-8,15H2,(H,27,31);1H2;1H. The lowest BCUT2D eigenvalue weighted by Gasteiger charge is -2.21. The van der Waals surface area contributed by atoms with Crippen LogP contribution in [0.1, 0.15) is 62.8 Å². The van der Waals surface area contributed by atoms with Crippen molar-refractivity contribution in [3.63, 3.8) is 0 Å². The summed E-state index contributed by atoms with van der Waals surface area (Å²) in [6.45, 7) is 2.66. The molecule has 3 aromatic heterocycles. The molecule has 0 unspecified atom stereocenters. The van der Waals surface area contributed by atoms with Gasteiger partial charge in [-0.05, 0) is 43.7 Å². The minimum atomic E-state index is -0.256. The summed E-state index contributed by atoms with van der Waals surface area (Å²) in [5.74, 6) is 1.02. The largest absolute Gasteiger partial charge is 0.491 e. The molecule has 1 N–H and O–H groups in total. The molecule has 3 heterocycles. The predicted octanol–water partition coefficient (Wildman–Crippen LogP) is 4.69. The number of nitrogens with zero attached hydrogens (tertiary/aromatic N) is 5. The lowest BCUT2D eigenvalue weighted by Crippen LogP contribution is -2.13. The highest BCUT2D eigenvalue weighted by molar-refractivity contribution is 6.09. The Bertz CT molecular complexity index is 1310. The second-order valence-electron chi connectivity index (χ2n) is 8.96. The normalized spacial score (nSPS) is 16.2. The molecule has 6 rings (SSSR count). The summed E-state index contributed by atoms with van der Waals surface area (Å²) in [5.41, 5.74) is 2.51. The van der Waals surface area contributed by atoms with Crippen molar-refractivity contribution in [2.45, 2.75) is 51.0 Å². The molecule has 0 radical (unpaired) electrons. The molecule has 2 saturated carbocycles. The fourth-order valence-electron chi connectivity index (χ4n) is 4.49. The molecule has 34 heavy (non-hydrogen) atoms. The second kappa shape index (κ2) is 9.62. The van der Waals surface area contributed by atoms with Crippen LogP contribution in [0, 0.1) is 5.92 Å². The monoisotopic (exact) mass is 462 g/mol. The van der Waals surface area contributed by atoms with Gasteiger partial charge in [0, 0.05) is 31.5 Å². The number of rotatable bonds is 6. The smallest absolute Gasteiger partial charge is 0.261 e. The fourth-order valence-corrected chi connectivity index (χ4v) is 4.49. The van der Waals surface area contributed by atoms with Gasteiger partial charge < -0.3 is 14.8 Å². The summed E-state index contributed by atoms with van der Waals surface area (Å²) in [6.07, 6.45) is 15.6. The van der Waals surface area contributed by atoms with Crippen LogP contribution in [0.25, 0.3) is 16.6 Å². The lowest BCUT2D eigenvalue weighted by molar-refractivity contribution is -0.0980. The van der Waals surface area contributed by atoms with E-state index >= 15 is 0 Å². The van der Waals surface area contributed by atoms with Crippen LogP contribution in [0.2, 0.25) is 0 Å². The van der Waals surface area contributed by atoms with Crippen LogP contribution < -0.4 is 10.1 Å². The third kappa shape index (κ3) is 4.50.